The Morgan fingerprint density at radius 1 is 1.36 bits per heavy atom. The van der Waals surface area contributed by atoms with Crippen molar-refractivity contribution < 1.29 is 9.53 Å². The maximum atomic E-state index is 13.0. The zero-order valence-electron chi connectivity index (χ0n) is 16.9. The first-order valence-electron chi connectivity index (χ1n) is 9.32. The van der Waals surface area contributed by atoms with E-state index >= 15 is 0 Å². The van der Waals surface area contributed by atoms with Gasteiger partial charge in [0.05, 0.1) is 31.8 Å². The Kier molecular flexibility index (Phi) is 5.74. The van der Waals surface area contributed by atoms with Crippen LogP contribution in [0.1, 0.15) is 48.6 Å². The van der Waals surface area contributed by atoms with E-state index in [0.717, 1.165) is 22.6 Å². The van der Waals surface area contributed by atoms with E-state index in [-0.39, 0.29) is 29.3 Å². The maximum absolute atomic E-state index is 13.0. The van der Waals surface area contributed by atoms with Crippen LogP contribution in [-0.4, -0.2) is 34.4 Å². The molecule has 3 heterocycles. The van der Waals surface area contributed by atoms with Gasteiger partial charge in [0, 0.05) is 22.9 Å². The second kappa shape index (κ2) is 7.91. The third-order valence-corrected chi connectivity index (χ3v) is 5.37. The molecule has 1 atom stereocenters. The lowest BCUT2D eigenvalue weighted by molar-refractivity contribution is -0.120. The zero-order chi connectivity index (χ0) is 20.6. The number of nitrogens with two attached hydrogens (primary N) is 1. The van der Waals surface area contributed by atoms with Crippen LogP contribution < -0.4 is 15.4 Å². The average molecular weight is 404 g/mol. The highest BCUT2D eigenvalue weighted by molar-refractivity contribution is 6.31. The molecule has 0 aromatic carbocycles. The number of halogens is 1. The molecular formula is C20H26ClN5O2. The van der Waals surface area contributed by atoms with Gasteiger partial charge < -0.3 is 15.4 Å². The number of carbonyl (C=O) groups excluding carboxylic acids is 1. The highest BCUT2D eigenvalue weighted by Crippen LogP contribution is 2.40. The fourth-order valence-electron chi connectivity index (χ4n) is 3.78. The molecule has 1 aliphatic rings. The Bertz CT molecular complexity index is 916. The minimum Gasteiger partial charge on any atom is -0.496 e. The van der Waals surface area contributed by atoms with Gasteiger partial charge in [-0.2, -0.15) is 4.98 Å². The van der Waals surface area contributed by atoms with Crippen LogP contribution in [0.3, 0.4) is 0 Å². The first kappa shape index (κ1) is 20.3. The molecule has 2 N–H and O–H groups in total. The molecule has 1 aliphatic heterocycles. The number of carbonyl (C=O) groups is 1. The van der Waals surface area contributed by atoms with Crippen molar-refractivity contribution in [1.29, 1.82) is 0 Å². The lowest BCUT2D eigenvalue weighted by Gasteiger charge is -2.34. The van der Waals surface area contributed by atoms with Crippen LogP contribution in [0.2, 0.25) is 5.15 Å². The molecule has 7 nitrogen and oxygen atoms in total. The molecule has 3 rings (SSSR count). The van der Waals surface area contributed by atoms with E-state index in [0.29, 0.717) is 30.3 Å². The van der Waals surface area contributed by atoms with Gasteiger partial charge in [0.25, 0.3) is 0 Å². The topological polar surface area (TPSA) is 94.2 Å². The Hall–Kier alpha value is -2.41. The molecule has 0 saturated carbocycles. The Morgan fingerprint density at radius 2 is 2.07 bits per heavy atom. The summed E-state index contributed by atoms with van der Waals surface area (Å²) in [7, 11) is 1.64. The quantitative estimate of drug-likeness (QED) is 0.764. The van der Waals surface area contributed by atoms with Crippen molar-refractivity contribution in [2.24, 2.45) is 5.92 Å². The molecule has 2 aromatic heterocycles. The number of methoxy groups -OCH3 is 1. The van der Waals surface area contributed by atoms with Crippen molar-refractivity contribution >= 4 is 29.2 Å². The first-order chi connectivity index (χ1) is 13.2. The summed E-state index contributed by atoms with van der Waals surface area (Å²) < 4.78 is 5.50. The minimum absolute atomic E-state index is 0.0950. The van der Waals surface area contributed by atoms with E-state index < -0.39 is 0 Å². The number of fused-ring (bicyclic) bond motifs is 1. The molecule has 0 fully saturated rings. The summed E-state index contributed by atoms with van der Waals surface area (Å²) >= 11 is 6.41. The summed E-state index contributed by atoms with van der Waals surface area (Å²) in [5.74, 6) is 1.63. The number of Topliss-reactive ketones (excluding diaryl/α,β-unsaturated/α-hetero) is 1. The number of pyridine rings is 1. The molecule has 0 bridgehead atoms. The van der Waals surface area contributed by atoms with Gasteiger partial charge in [-0.1, -0.05) is 25.4 Å². The molecular weight excluding hydrogens is 378 g/mol. The van der Waals surface area contributed by atoms with Crippen molar-refractivity contribution in [2.75, 3.05) is 24.3 Å². The third-order valence-electron chi connectivity index (χ3n) is 5.08. The number of hydrogen-bond acceptors (Lipinski definition) is 7. The van der Waals surface area contributed by atoms with Crippen LogP contribution in [0.15, 0.2) is 6.20 Å². The van der Waals surface area contributed by atoms with E-state index in [2.05, 4.69) is 28.8 Å². The van der Waals surface area contributed by atoms with Crippen molar-refractivity contribution in [1.82, 2.24) is 15.0 Å². The fraction of sp³-hybridized carbons (Fsp3) is 0.500. The van der Waals surface area contributed by atoms with Crippen LogP contribution in [0.4, 0.5) is 11.8 Å². The van der Waals surface area contributed by atoms with Crippen LogP contribution in [0.25, 0.3) is 0 Å². The van der Waals surface area contributed by atoms with Crippen molar-refractivity contribution in [3.8, 4) is 5.75 Å². The smallest absolute Gasteiger partial charge is 0.223 e. The summed E-state index contributed by atoms with van der Waals surface area (Å²) in [4.78, 5) is 27.9. The number of ether oxygens (including phenoxy) is 1. The zero-order valence-corrected chi connectivity index (χ0v) is 17.7. The van der Waals surface area contributed by atoms with E-state index in [4.69, 9.17) is 22.1 Å². The number of nitrogen functional groups attached to an aromatic ring is 1. The van der Waals surface area contributed by atoms with E-state index in [1.165, 1.54) is 0 Å². The summed E-state index contributed by atoms with van der Waals surface area (Å²) in [6, 6.07) is 0. The number of rotatable bonds is 5. The fourth-order valence-corrected chi connectivity index (χ4v) is 4.09. The normalized spacial score (nSPS) is 16.5. The van der Waals surface area contributed by atoms with Crippen LogP contribution in [0.5, 0.6) is 5.75 Å². The van der Waals surface area contributed by atoms with Gasteiger partial charge in [-0.05, 0) is 26.2 Å². The summed E-state index contributed by atoms with van der Waals surface area (Å²) in [5.41, 5.74) is 9.24. The lowest BCUT2D eigenvalue weighted by atomic mass is 9.85. The number of anilines is 2. The molecule has 0 amide bonds. The molecule has 2 aromatic rings. The molecule has 28 heavy (non-hydrogen) atoms. The molecule has 1 unspecified atom stereocenters. The maximum Gasteiger partial charge on any atom is 0.223 e. The van der Waals surface area contributed by atoms with Gasteiger partial charge in [-0.3, -0.25) is 9.78 Å². The molecule has 0 saturated heterocycles. The SMILES string of the molecule is COc1c(C)cnc(CN2CC(=O)C(CC(C)C)c3c(Cl)nc(N)nc32)c1C. The van der Waals surface area contributed by atoms with E-state index in [1.54, 1.807) is 13.3 Å². The standard InChI is InChI=1S/C20H26ClN5O2/c1-10(2)6-13-15(27)9-26(19-16(13)18(21)24-20(22)25-19)8-14-12(4)17(28-5)11(3)7-23-14/h7,10,13H,6,8-9H2,1-5H3,(H2,22,24,25). The molecule has 150 valence electrons. The number of aryl methyl sites for hydroxylation is 1. The van der Waals surface area contributed by atoms with Crippen LogP contribution >= 0.6 is 11.6 Å². The van der Waals surface area contributed by atoms with E-state index in [9.17, 15) is 4.79 Å². The highest BCUT2D eigenvalue weighted by atomic mass is 35.5. The molecule has 0 spiro atoms. The van der Waals surface area contributed by atoms with Crippen molar-refractivity contribution in [3.63, 3.8) is 0 Å². The van der Waals surface area contributed by atoms with Gasteiger partial charge in [0.1, 0.15) is 16.7 Å². The Labute approximate surface area is 170 Å². The second-order valence-electron chi connectivity index (χ2n) is 7.66. The van der Waals surface area contributed by atoms with Crippen LogP contribution in [0, 0.1) is 19.8 Å². The van der Waals surface area contributed by atoms with Gasteiger partial charge in [-0.25, -0.2) is 4.98 Å². The summed E-state index contributed by atoms with van der Waals surface area (Å²) in [6.45, 7) is 8.71. The Balaban J connectivity index is 2.05. The van der Waals surface area contributed by atoms with Gasteiger partial charge >= 0.3 is 0 Å². The van der Waals surface area contributed by atoms with Crippen LogP contribution in [-0.2, 0) is 11.3 Å². The second-order valence-corrected chi connectivity index (χ2v) is 8.02. The molecule has 0 radical (unpaired) electrons. The van der Waals surface area contributed by atoms with Gasteiger partial charge in [0.2, 0.25) is 5.95 Å². The van der Waals surface area contributed by atoms with Gasteiger partial charge in [0.15, 0.2) is 5.78 Å². The lowest BCUT2D eigenvalue weighted by Crippen LogP contribution is -2.40. The van der Waals surface area contributed by atoms with Crippen molar-refractivity contribution in [2.45, 2.75) is 46.6 Å². The Morgan fingerprint density at radius 3 is 2.71 bits per heavy atom. The predicted molar refractivity (Wildman–Crippen MR) is 110 cm³/mol. The molecule has 0 aliphatic carbocycles. The summed E-state index contributed by atoms with van der Waals surface area (Å²) in [6.07, 6.45) is 2.47. The highest BCUT2D eigenvalue weighted by Gasteiger charge is 2.36. The monoisotopic (exact) mass is 403 g/mol. The number of hydrogen-bond donors (Lipinski definition) is 1. The number of ketones is 1. The number of nitrogens with zero attached hydrogens (tertiary/aromatic N) is 4. The minimum atomic E-state index is -0.319. The third kappa shape index (κ3) is 3.76. The van der Waals surface area contributed by atoms with Gasteiger partial charge in [-0.15, -0.1) is 0 Å². The summed E-state index contributed by atoms with van der Waals surface area (Å²) in [5, 5.41) is 0.248. The predicted octanol–water partition coefficient (Wildman–Crippen LogP) is 3.45. The first-order valence-corrected chi connectivity index (χ1v) is 9.70. The van der Waals surface area contributed by atoms with Crippen molar-refractivity contribution in [3.05, 3.63) is 33.7 Å². The number of aromatic nitrogens is 3. The van der Waals surface area contributed by atoms with E-state index in [1.807, 2.05) is 18.7 Å². The molecule has 8 heteroatoms. The average Bonchev–Trinajstić information content (AvgIpc) is 2.60. The largest absolute Gasteiger partial charge is 0.496 e.